The number of hydrogen-bond donors (Lipinski definition) is 2. The normalized spacial score (nSPS) is 17.5. The summed E-state index contributed by atoms with van der Waals surface area (Å²) in [6.45, 7) is 1.91. The SMILES string of the molecule is C[C@](C#N)(NC(=O)CN[C@H](c1ccccc1)c1ccco1)C1CC1. The van der Waals surface area contributed by atoms with Gasteiger partial charge in [-0.1, -0.05) is 30.3 Å². The fourth-order valence-corrected chi connectivity index (χ4v) is 2.89. The summed E-state index contributed by atoms with van der Waals surface area (Å²) in [5, 5.41) is 15.4. The first kappa shape index (κ1) is 16.3. The van der Waals surface area contributed by atoms with Crippen LogP contribution >= 0.6 is 0 Å². The van der Waals surface area contributed by atoms with Crippen LogP contribution in [0.4, 0.5) is 0 Å². The molecule has 3 rings (SSSR count). The zero-order valence-electron chi connectivity index (χ0n) is 13.7. The molecule has 1 amide bonds. The molecule has 0 spiro atoms. The molecule has 2 aromatic rings. The monoisotopic (exact) mass is 323 g/mol. The van der Waals surface area contributed by atoms with E-state index < -0.39 is 5.54 Å². The fourth-order valence-electron chi connectivity index (χ4n) is 2.89. The Labute approximate surface area is 141 Å². The van der Waals surface area contributed by atoms with Gasteiger partial charge in [-0.15, -0.1) is 0 Å². The van der Waals surface area contributed by atoms with Crippen LogP contribution in [0.5, 0.6) is 0 Å². The van der Waals surface area contributed by atoms with E-state index in [-0.39, 0.29) is 24.4 Å². The van der Waals surface area contributed by atoms with E-state index in [0.29, 0.717) is 0 Å². The summed E-state index contributed by atoms with van der Waals surface area (Å²) in [4.78, 5) is 12.3. The molecule has 2 atom stereocenters. The zero-order valence-corrected chi connectivity index (χ0v) is 13.7. The molecule has 124 valence electrons. The van der Waals surface area contributed by atoms with Crippen molar-refractivity contribution in [2.75, 3.05) is 6.54 Å². The van der Waals surface area contributed by atoms with Gasteiger partial charge in [0.2, 0.25) is 5.91 Å². The maximum Gasteiger partial charge on any atom is 0.235 e. The van der Waals surface area contributed by atoms with E-state index in [4.69, 9.17) is 4.42 Å². The van der Waals surface area contributed by atoms with Gasteiger partial charge in [0, 0.05) is 0 Å². The smallest absolute Gasteiger partial charge is 0.235 e. The van der Waals surface area contributed by atoms with Gasteiger partial charge in [-0.2, -0.15) is 5.26 Å². The quantitative estimate of drug-likeness (QED) is 0.821. The van der Waals surface area contributed by atoms with Crippen molar-refractivity contribution in [1.82, 2.24) is 10.6 Å². The summed E-state index contributed by atoms with van der Waals surface area (Å²) < 4.78 is 5.51. The van der Waals surface area contributed by atoms with E-state index in [9.17, 15) is 10.1 Å². The molecule has 1 saturated carbocycles. The summed E-state index contributed by atoms with van der Waals surface area (Å²) in [6.07, 6.45) is 3.61. The number of nitrogens with zero attached hydrogens (tertiary/aromatic N) is 1. The average Bonchev–Trinajstić information content (AvgIpc) is 3.33. The molecule has 0 saturated heterocycles. The maximum atomic E-state index is 12.3. The lowest BCUT2D eigenvalue weighted by atomic mass is 9.98. The Morgan fingerprint density at radius 1 is 1.33 bits per heavy atom. The Bertz CT molecular complexity index is 717. The molecule has 1 aromatic carbocycles. The molecule has 24 heavy (non-hydrogen) atoms. The molecule has 0 bridgehead atoms. The molecule has 2 N–H and O–H groups in total. The van der Waals surface area contributed by atoms with Gasteiger partial charge in [0.15, 0.2) is 0 Å². The van der Waals surface area contributed by atoms with Crippen molar-refractivity contribution in [3.63, 3.8) is 0 Å². The van der Waals surface area contributed by atoms with Crippen LogP contribution in [0, 0.1) is 17.2 Å². The van der Waals surface area contributed by atoms with Crippen molar-refractivity contribution in [3.05, 3.63) is 60.1 Å². The van der Waals surface area contributed by atoms with E-state index >= 15 is 0 Å². The first-order chi connectivity index (χ1) is 11.6. The third-order valence-corrected chi connectivity index (χ3v) is 4.45. The van der Waals surface area contributed by atoms with Gasteiger partial charge < -0.3 is 9.73 Å². The summed E-state index contributed by atoms with van der Waals surface area (Å²) >= 11 is 0. The van der Waals surface area contributed by atoms with E-state index in [2.05, 4.69) is 16.7 Å². The molecule has 0 radical (unpaired) electrons. The number of benzene rings is 1. The van der Waals surface area contributed by atoms with Crippen molar-refractivity contribution in [2.45, 2.75) is 31.3 Å². The minimum Gasteiger partial charge on any atom is -0.467 e. The molecule has 0 unspecified atom stereocenters. The Kier molecular flexibility index (Phi) is 4.68. The van der Waals surface area contributed by atoms with Gasteiger partial charge in [-0.05, 0) is 43.4 Å². The Morgan fingerprint density at radius 2 is 2.08 bits per heavy atom. The first-order valence-corrected chi connectivity index (χ1v) is 8.16. The third kappa shape index (κ3) is 3.66. The molecule has 5 heteroatoms. The Balaban J connectivity index is 1.66. The number of carbonyl (C=O) groups is 1. The van der Waals surface area contributed by atoms with Crippen LogP contribution in [0.3, 0.4) is 0 Å². The van der Waals surface area contributed by atoms with Gasteiger partial charge >= 0.3 is 0 Å². The molecule has 1 aliphatic carbocycles. The van der Waals surface area contributed by atoms with E-state index in [1.54, 1.807) is 13.2 Å². The molecular weight excluding hydrogens is 302 g/mol. The average molecular weight is 323 g/mol. The first-order valence-electron chi connectivity index (χ1n) is 8.16. The highest BCUT2D eigenvalue weighted by Gasteiger charge is 2.42. The summed E-state index contributed by atoms with van der Waals surface area (Å²) in [5.74, 6) is 0.833. The van der Waals surface area contributed by atoms with E-state index in [0.717, 1.165) is 24.2 Å². The molecular formula is C19H21N3O2. The minimum atomic E-state index is -0.772. The predicted molar refractivity (Wildman–Crippen MR) is 89.9 cm³/mol. The molecule has 1 heterocycles. The zero-order chi connectivity index (χ0) is 17.0. The van der Waals surface area contributed by atoms with E-state index in [1.165, 1.54) is 0 Å². The van der Waals surface area contributed by atoms with Crippen LogP contribution in [0.15, 0.2) is 53.1 Å². The lowest BCUT2D eigenvalue weighted by Crippen LogP contribution is -2.49. The number of rotatable bonds is 7. The lowest BCUT2D eigenvalue weighted by molar-refractivity contribution is -0.121. The topological polar surface area (TPSA) is 78.1 Å². The van der Waals surface area contributed by atoms with Crippen LogP contribution in [0.1, 0.15) is 37.1 Å². The van der Waals surface area contributed by atoms with Crippen LogP contribution in [-0.2, 0) is 4.79 Å². The number of nitrogens with one attached hydrogen (secondary N) is 2. The maximum absolute atomic E-state index is 12.3. The Morgan fingerprint density at radius 3 is 2.67 bits per heavy atom. The number of hydrogen-bond acceptors (Lipinski definition) is 4. The fraction of sp³-hybridized carbons (Fsp3) is 0.368. The number of furan rings is 1. The highest BCUT2D eigenvalue weighted by molar-refractivity contribution is 5.79. The summed E-state index contributed by atoms with van der Waals surface area (Å²) in [5.41, 5.74) is 0.247. The highest BCUT2D eigenvalue weighted by Crippen LogP contribution is 2.39. The van der Waals surface area contributed by atoms with Crippen molar-refractivity contribution >= 4 is 5.91 Å². The summed E-state index contributed by atoms with van der Waals surface area (Å²) in [7, 11) is 0. The minimum absolute atomic E-state index is 0.115. The van der Waals surface area contributed by atoms with Crippen LogP contribution in [0.25, 0.3) is 0 Å². The molecule has 1 fully saturated rings. The van der Waals surface area contributed by atoms with Crippen molar-refractivity contribution in [2.24, 2.45) is 5.92 Å². The molecule has 5 nitrogen and oxygen atoms in total. The number of amides is 1. The van der Waals surface area contributed by atoms with Gasteiger partial charge in [-0.3, -0.25) is 10.1 Å². The molecule has 1 aromatic heterocycles. The van der Waals surface area contributed by atoms with E-state index in [1.807, 2.05) is 42.5 Å². The predicted octanol–water partition coefficient (Wildman–Crippen LogP) is 2.77. The van der Waals surface area contributed by atoms with Gasteiger partial charge in [0.05, 0.1) is 24.9 Å². The number of nitriles is 1. The van der Waals surface area contributed by atoms with Gasteiger partial charge in [0.1, 0.15) is 11.3 Å². The van der Waals surface area contributed by atoms with Crippen molar-refractivity contribution in [3.8, 4) is 6.07 Å². The molecule has 1 aliphatic rings. The van der Waals surface area contributed by atoms with Gasteiger partial charge in [-0.25, -0.2) is 0 Å². The van der Waals surface area contributed by atoms with Crippen LogP contribution < -0.4 is 10.6 Å². The van der Waals surface area contributed by atoms with Crippen molar-refractivity contribution in [1.29, 1.82) is 5.26 Å². The van der Waals surface area contributed by atoms with Crippen LogP contribution in [0.2, 0.25) is 0 Å². The number of carbonyl (C=O) groups excluding carboxylic acids is 1. The summed E-state index contributed by atoms with van der Waals surface area (Å²) in [6, 6.07) is 15.6. The van der Waals surface area contributed by atoms with Gasteiger partial charge in [0.25, 0.3) is 0 Å². The largest absolute Gasteiger partial charge is 0.467 e. The highest BCUT2D eigenvalue weighted by atomic mass is 16.3. The third-order valence-electron chi connectivity index (χ3n) is 4.45. The second-order valence-electron chi connectivity index (χ2n) is 6.38. The standard InChI is InChI=1S/C19H21N3O2/c1-19(13-20,15-9-10-15)22-17(23)12-21-18(16-8-5-11-24-16)14-6-3-2-4-7-14/h2-8,11,15,18,21H,9-10,12H2,1H3,(H,22,23)/t18-,19-/m1/s1. The second-order valence-corrected chi connectivity index (χ2v) is 6.38. The van der Waals surface area contributed by atoms with Crippen LogP contribution in [-0.4, -0.2) is 18.0 Å². The second kappa shape index (κ2) is 6.90. The molecule has 0 aliphatic heterocycles. The van der Waals surface area contributed by atoms with Crippen molar-refractivity contribution < 1.29 is 9.21 Å². The lowest BCUT2D eigenvalue weighted by Gasteiger charge is -2.24. The Hall–Kier alpha value is -2.58.